The number of carbonyl (C=O) groups excluding carboxylic acids is 1. The summed E-state index contributed by atoms with van der Waals surface area (Å²) < 4.78 is 5.52. The van der Waals surface area contributed by atoms with Crippen molar-refractivity contribution >= 4 is 5.97 Å². The Hall–Kier alpha value is -0.830. The molecule has 0 heterocycles. The minimum absolute atomic E-state index is 0.137. The van der Waals surface area contributed by atoms with Gasteiger partial charge in [0.1, 0.15) is 5.60 Å². The van der Waals surface area contributed by atoms with Crippen molar-refractivity contribution in [3.8, 4) is 0 Å². The van der Waals surface area contributed by atoms with Gasteiger partial charge in [0.2, 0.25) is 0 Å². The van der Waals surface area contributed by atoms with Gasteiger partial charge in [0.25, 0.3) is 0 Å². The highest BCUT2D eigenvalue weighted by Crippen LogP contribution is 2.31. The molecule has 15 heavy (non-hydrogen) atoms. The van der Waals surface area contributed by atoms with Gasteiger partial charge < -0.3 is 10.5 Å². The van der Waals surface area contributed by atoms with E-state index < -0.39 is 0 Å². The van der Waals surface area contributed by atoms with Crippen molar-refractivity contribution in [3.63, 3.8) is 0 Å². The van der Waals surface area contributed by atoms with Crippen molar-refractivity contribution in [1.82, 2.24) is 0 Å². The molecule has 0 atom stereocenters. The van der Waals surface area contributed by atoms with Crippen molar-refractivity contribution in [2.75, 3.05) is 6.54 Å². The fourth-order valence-electron chi connectivity index (χ4n) is 2.06. The lowest BCUT2D eigenvalue weighted by molar-refractivity contribution is -0.162. The minimum atomic E-state index is -0.365. The molecule has 0 bridgehead atoms. The molecule has 2 N–H and O–H groups in total. The molecule has 0 unspecified atom stereocenters. The van der Waals surface area contributed by atoms with Crippen LogP contribution in [0.5, 0.6) is 0 Å². The van der Waals surface area contributed by atoms with Gasteiger partial charge in [-0.25, -0.2) is 0 Å². The van der Waals surface area contributed by atoms with E-state index in [4.69, 9.17) is 10.5 Å². The van der Waals surface area contributed by atoms with Crippen molar-refractivity contribution in [2.24, 2.45) is 5.73 Å². The zero-order valence-electron chi connectivity index (χ0n) is 9.34. The molecule has 1 fully saturated rings. The fourth-order valence-corrected chi connectivity index (χ4v) is 2.06. The third-order valence-corrected chi connectivity index (χ3v) is 3.02. The molecule has 0 aromatic heterocycles. The van der Waals surface area contributed by atoms with E-state index in [0.717, 1.165) is 25.7 Å². The van der Waals surface area contributed by atoms with Gasteiger partial charge >= 0.3 is 5.97 Å². The molecule has 0 aromatic rings. The van der Waals surface area contributed by atoms with Crippen molar-refractivity contribution < 1.29 is 9.53 Å². The van der Waals surface area contributed by atoms with E-state index in [0.29, 0.717) is 19.4 Å². The van der Waals surface area contributed by atoms with Crippen LogP contribution in [0, 0.1) is 0 Å². The molecule has 1 aliphatic carbocycles. The third-order valence-electron chi connectivity index (χ3n) is 3.02. The summed E-state index contributed by atoms with van der Waals surface area (Å²) in [4.78, 5) is 11.5. The number of esters is 1. The van der Waals surface area contributed by atoms with Gasteiger partial charge in [-0.05, 0) is 32.1 Å². The third kappa shape index (κ3) is 3.67. The van der Waals surface area contributed by atoms with Gasteiger partial charge in [-0.15, -0.1) is 6.58 Å². The Kier molecular flexibility index (Phi) is 4.82. The maximum Gasteiger partial charge on any atom is 0.306 e. The molecule has 1 aliphatic rings. The number of allylic oxidation sites excluding steroid dienone is 1. The molecular weight excluding hydrogens is 190 g/mol. The summed E-state index contributed by atoms with van der Waals surface area (Å²) in [5.41, 5.74) is 5.35. The SMILES string of the molecule is C=CCCC(=O)OC1(CN)CCCCC1. The van der Waals surface area contributed by atoms with Gasteiger partial charge in [-0.1, -0.05) is 12.5 Å². The second-order valence-corrected chi connectivity index (χ2v) is 4.25. The number of ether oxygens (including phenoxy) is 1. The van der Waals surface area contributed by atoms with Crippen LogP contribution in [-0.2, 0) is 9.53 Å². The van der Waals surface area contributed by atoms with Crippen molar-refractivity contribution in [3.05, 3.63) is 12.7 Å². The summed E-state index contributed by atoms with van der Waals surface area (Å²) in [7, 11) is 0. The highest BCUT2D eigenvalue weighted by molar-refractivity contribution is 5.70. The van der Waals surface area contributed by atoms with Crippen LogP contribution in [0.3, 0.4) is 0 Å². The lowest BCUT2D eigenvalue weighted by atomic mass is 9.84. The summed E-state index contributed by atoms with van der Waals surface area (Å²) in [6.07, 6.45) is 8.14. The van der Waals surface area contributed by atoms with Crippen molar-refractivity contribution in [2.45, 2.75) is 50.5 Å². The maximum absolute atomic E-state index is 11.5. The predicted octanol–water partition coefficient (Wildman–Crippen LogP) is 2.16. The Morgan fingerprint density at radius 3 is 2.60 bits per heavy atom. The quantitative estimate of drug-likeness (QED) is 0.560. The largest absolute Gasteiger partial charge is 0.458 e. The number of carbonyl (C=O) groups is 1. The molecule has 0 spiro atoms. The van der Waals surface area contributed by atoms with Crippen LogP contribution in [-0.4, -0.2) is 18.1 Å². The fraction of sp³-hybridized carbons (Fsp3) is 0.750. The first-order chi connectivity index (χ1) is 7.22. The van der Waals surface area contributed by atoms with E-state index >= 15 is 0 Å². The summed E-state index contributed by atoms with van der Waals surface area (Å²) >= 11 is 0. The Labute approximate surface area is 91.7 Å². The monoisotopic (exact) mass is 211 g/mol. The van der Waals surface area contributed by atoms with Gasteiger partial charge in [-0.3, -0.25) is 4.79 Å². The number of nitrogens with two attached hydrogens (primary N) is 1. The number of hydrogen-bond donors (Lipinski definition) is 1. The maximum atomic E-state index is 11.5. The molecule has 0 aromatic carbocycles. The zero-order valence-corrected chi connectivity index (χ0v) is 9.34. The first-order valence-corrected chi connectivity index (χ1v) is 5.75. The van der Waals surface area contributed by atoms with Crippen LogP contribution >= 0.6 is 0 Å². The van der Waals surface area contributed by atoms with Crippen molar-refractivity contribution in [1.29, 1.82) is 0 Å². The zero-order chi connectivity index (χ0) is 11.1. The smallest absolute Gasteiger partial charge is 0.306 e. The molecule has 1 rings (SSSR count). The molecule has 0 amide bonds. The van der Waals surface area contributed by atoms with Gasteiger partial charge in [0.05, 0.1) is 0 Å². The molecule has 3 heteroatoms. The summed E-state index contributed by atoms with van der Waals surface area (Å²) in [6, 6.07) is 0. The molecule has 0 radical (unpaired) electrons. The van der Waals surface area contributed by atoms with E-state index in [2.05, 4.69) is 6.58 Å². The summed E-state index contributed by atoms with van der Waals surface area (Å²) in [6.45, 7) is 4.04. The number of hydrogen-bond acceptors (Lipinski definition) is 3. The Morgan fingerprint density at radius 2 is 2.07 bits per heavy atom. The lowest BCUT2D eigenvalue weighted by Gasteiger charge is -2.35. The Balaban J connectivity index is 2.43. The van der Waals surface area contributed by atoms with Gasteiger partial charge in [0.15, 0.2) is 0 Å². The molecule has 0 saturated heterocycles. The normalized spacial score (nSPS) is 19.5. The highest BCUT2D eigenvalue weighted by Gasteiger charge is 2.34. The van der Waals surface area contributed by atoms with E-state index in [1.165, 1.54) is 6.42 Å². The van der Waals surface area contributed by atoms with Gasteiger partial charge in [0, 0.05) is 13.0 Å². The Morgan fingerprint density at radius 1 is 1.40 bits per heavy atom. The second-order valence-electron chi connectivity index (χ2n) is 4.25. The van der Waals surface area contributed by atoms with Crippen LogP contribution in [0.2, 0.25) is 0 Å². The van der Waals surface area contributed by atoms with Crippen LogP contribution in [0.4, 0.5) is 0 Å². The van der Waals surface area contributed by atoms with Gasteiger partial charge in [-0.2, -0.15) is 0 Å². The first-order valence-electron chi connectivity index (χ1n) is 5.75. The average Bonchev–Trinajstić information content (AvgIpc) is 2.27. The molecular formula is C12H21NO2. The van der Waals surface area contributed by atoms with Crippen LogP contribution in [0.15, 0.2) is 12.7 Å². The number of rotatable bonds is 5. The van der Waals surface area contributed by atoms with Crippen LogP contribution in [0.25, 0.3) is 0 Å². The lowest BCUT2D eigenvalue weighted by Crippen LogP contribution is -2.44. The summed E-state index contributed by atoms with van der Waals surface area (Å²) in [5.74, 6) is -0.137. The van der Waals surface area contributed by atoms with E-state index in [1.807, 2.05) is 0 Å². The molecule has 86 valence electrons. The first kappa shape index (κ1) is 12.2. The Bertz CT molecular complexity index is 220. The van der Waals surface area contributed by atoms with E-state index in [9.17, 15) is 4.79 Å². The highest BCUT2D eigenvalue weighted by atomic mass is 16.6. The van der Waals surface area contributed by atoms with E-state index in [-0.39, 0.29) is 11.6 Å². The van der Waals surface area contributed by atoms with Crippen LogP contribution in [0.1, 0.15) is 44.9 Å². The molecule has 0 aliphatic heterocycles. The second kappa shape index (κ2) is 5.91. The van der Waals surface area contributed by atoms with Crippen LogP contribution < -0.4 is 5.73 Å². The molecule has 1 saturated carbocycles. The summed E-state index contributed by atoms with van der Waals surface area (Å²) in [5, 5.41) is 0. The minimum Gasteiger partial charge on any atom is -0.458 e. The van der Waals surface area contributed by atoms with E-state index in [1.54, 1.807) is 6.08 Å². The average molecular weight is 211 g/mol. The topological polar surface area (TPSA) is 52.3 Å². The molecule has 3 nitrogen and oxygen atoms in total. The standard InChI is InChI=1S/C12H21NO2/c1-2-3-7-11(14)15-12(10-13)8-5-4-6-9-12/h2H,1,3-10,13H2. The predicted molar refractivity (Wildman–Crippen MR) is 60.4 cm³/mol.